The molecule has 0 aromatic carbocycles. The Morgan fingerprint density at radius 1 is 1.83 bits per heavy atom. The molecule has 36 valence electrons. The maximum absolute atomic E-state index is 2.67. The van der Waals surface area contributed by atoms with Gasteiger partial charge in [0.05, 0.1) is 0 Å². The molecule has 0 fully saturated rings. The third kappa shape index (κ3) is 2.41. The van der Waals surface area contributed by atoms with Crippen LogP contribution >= 0.6 is 9.24 Å². The van der Waals surface area contributed by atoms with Crippen LogP contribution in [-0.4, -0.2) is 6.16 Å². The topological polar surface area (TPSA) is 0 Å². The van der Waals surface area contributed by atoms with E-state index in [1.165, 1.54) is 5.57 Å². The van der Waals surface area contributed by atoms with Crippen LogP contribution in [0.1, 0.15) is 13.8 Å². The third-order valence-electron chi connectivity index (χ3n) is 0.815. The zero-order valence-electron chi connectivity index (χ0n) is 4.36. The molecule has 0 rings (SSSR count). The van der Waals surface area contributed by atoms with Gasteiger partial charge in [-0.05, 0) is 20.0 Å². The molecule has 1 unspecified atom stereocenters. The summed E-state index contributed by atoms with van der Waals surface area (Å²) in [7, 11) is 2.67. The Kier molecular flexibility index (Phi) is 3.46. The molecular formula is C5H11P. The van der Waals surface area contributed by atoms with Gasteiger partial charge in [-0.15, -0.1) is 9.24 Å². The van der Waals surface area contributed by atoms with Crippen LogP contribution in [0.3, 0.4) is 0 Å². The fraction of sp³-hybridized carbons (Fsp3) is 0.600. The lowest BCUT2D eigenvalue weighted by molar-refractivity contribution is 1.38. The van der Waals surface area contributed by atoms with Crippen molar-refractivity contribution >= 4 is 9.24 Å². The van der Waals surface area contributed by atoms with Gasteiger partial charge in [-0.3, -0.25) is 0 Å². The summed E-state index contributed by atoms with van der Waals surface area (Å²) < 4.78 is 0. The van der Waals surface area contributed by atoms with Crippen molar-refractivity contribution in [1.29, 1.82) is 0 Å². The second-order valence-electron chi connectivity index (χ2n) is 1.34. The highest BCUT2D eigenvalue weighted by molar-refractivity contribution is 7.16. The molecule has 0 radical (unpaired) electrons. The lowest BCUT2D eigenvalue weighted by Gasteiger charge is -1.85. The van der Waals surface area contributed by atoms with Crippen LogP contribution in [0.15, 0.2) is 11.6 Å². The van der Waals surface area contributed by atoms with Crippen LogP contribution in [-0.2, 0) is 0 Å². The number of hydrogen-bond acceptors (Lipinski definition) is 0. The van der Waals surface area contributed by atoms with Crippen molar-refractivity contribution in [2.24, 2.45) is 0 Å². The maximum Gasteiger partial charge on any atom is -0.0173 e. The quantitative estimate of drug-likeness (QED) is 0.350. The van der Waals surface area contributed by atoms with Gasteiger partial charge < -0.3 is 0 Å². The first-order valence-electron chi connectivity index (χ1n) is 2.13. The minimum absolute atomic E-state index is 1.11. The molecule has 0 aliphatic carbocycles. The molecule has 1 heteroatoms. The Morgan fingerprint density at radius 2 is 2.33 bits per heavy atom. The highest BCUT2D eigenvalue weighted by atomic mass is 31.0. The molecule has 6 heavy (non-hydrogen) atoms. The molecule has 0 aliphatic rings. The van der Waals surface area contributed by atoms with Crippen molar-refractivity contribution in [3.05, 3.63) is 11.6 Å². The minimum Gasteiger partial charge on any atom is -0.133 e. The van der Waals surface area contributed by atoms with Gasteiger partial charge in [0.2, 0.25) is 0 Å². The van der Waals surface area contributed by atoms with Crippen LogP contribution in [0.5, 0.6) is 0 Å². The first kappa shape index (κ1) is 6.17. The summed E-state index contributed by atoms with van der Waals surface area (Å²) in [6.07, 6.45) is 3.23. The standard InChI is InChI=1S/C5H11P/c1-3-5(2)4-6/h3H,4,6H2,1-2H3. The Bertz CT molecular complexity index is 55.0. The number of rotatable bonds is 1. The third-order valence-corrected chi connectivity index (χ3v) is 1.46. The van der Waals surface area contributed by atoms with E-state index in [0.29, 0.717) is 0 Å². The fourth-order valence-corrected chi connectivity index (χ4v) is 0.354. The molecule has 0 N–H and O–H groups in total. The molecule has 0 spiro atoms. The van der Waals surface area contributed by atoms with Gasteiger partial charge in [0.25, 0.3) is 0 Å². The second-order valence-corrected chi connectivity index (χ2v) is 1.75. The minimum atomic E-state index is 1.11. The number of hydrogen-bond donors (Lipinski definition) is 0. The van der Waals surface area contributed by atoms with Crippen molar-refractivity contribution < 1.29 is 0 Å². The summed E-state index contributed by atoms with van der Waals surface area (Å²) in [4.78, 5) is 0. The normalized spacial score (nSPS) is 12.2. The van der Waals surface area contributed by atoms with Gasteiger partial charge in [0, 0.05) is 0 Å². The van der Waals surface area contributed by atoms with E-state index in [0.717, 1.165) is 6.16 Å². The summed E-state index contributed by atoms with van der Waals surface area (Å²) in [5.41, 5.74) is 1.43. The molecule has 0 saturated carbocycles. The summed E-state index contributed by atoms with van der Waals surface area (Å²) in [6.45, 7) is 4.17. The van der Waals surface area contributed by atoms with Crippen molar-refractivity contribution in [2.75, 3.05) is 6.16 Å². The Balaban J connectivity index is 3.22. The largest absolute Gasteiger partial charge is 0.133 e. The van der Waals surface area contributed by atoms with Crippen molar-refractivity contribution in [1.82, 2.24) is 0 Å². The average molecular weight is 102 g/mol. The molecule has 0 amide bonds. The van der Waals surface area contributed by atoms with E-state index < -0.39 is 0 Å². The molecular weight excluding hydrogens is 91.0 g/mol. The van der Waals surface area contributed by atoms with Crippen LogP contribution in [0.2, 0.25) is 0 Å². The van der Waals surface area contributed by atoms with E-state index in [4.69, 9.17) is 0 Å². The van der Waals surface area contributed by atoms with Crippen LogP contribution in [0.25, 0.3) is 0 Å². The van der Waals surface area contributed by atoms with Crippen LogP contribution in [0.4, 0.5) is 0 Å². The highest BCUT2D eigenvalue weighted by Crippen LogP contribution is 1.94. The SMILES string of the molecule is CC=C(C)CP. The first-order valence-corrected chi connectivity index (χ1v) is 2.94. The zero-order chi connectivity index (χ0) is 4.99. The van der Waals surface area contributed by atoms with E-state index >= 15 is 0 Å². The Hall–Kier alpha value is 0.170. The molecule has 0 saturated heterocycles. The van der Waals surface area contributed by atoms with Crippen molar-refractivity contribution in [2.45, 2.75) is 13.8 Å². The Morgan fingerprint density at radius 3 is 2.33 bits per heavy atom. The average Bonchev–Trinajstić information content (AvgIpc) is 1.65. The predicted molar refractivity (Wildman–Crippen MR) is 34.0 cm³/mol. The smallest absolute Gasteiger partial charge is 0.0173 e. The molecule has 0 bridgehead atoms. The van der Waals surface area contributed by atoms with Crippen LogP contribution in [0, 0.1) is 0 Å². The predicted octanol–water partition coefficient (Wildman–Crippen LogP) is 1.83. The van der Waals surface area contributed by atoms with Gasteiger partial charge >= 0.3 is 0 Å². The van der Waals surface area contributed by atoms with E-state index in [-0.39, 0.29) is 0 Å². The van der Waals surface area contributed by atoms with E-state index in [1.807, 2.05) is 0 Å². The summed E-state index contributed by atoms with van der Waals surface area (Å²) in [6, 6.07) is 0. The van der Waals surface area contributed by atoms with Gasteiger partial charge in [0.1, 0.15) is 0 Å². The maximum atomic E-state index is 2.67. The Labute approximate surface area is 41.8 Å². The van der Waals surface area contributed by atoms with E-state index in [1.54, 1.807) is 0 Å². The molecule has 0 aromatic heterocycles. The van der Waals surface area contributed by atoms with E-state index in [9.17, 15) is 0 Å². The first-order chi connectivity index (χ1) is 2.81. The highest BCUT2D eigenvalue weighted by Gasteiger charge is 1.73. The zero-order valence-corrected chi connectivity index (χ0v) is 5.52. The monoisotopic (exact) mass is 102 g/mol. The van der Waals surface area contributed by atoms with Gasteiger partial charge in [-0.1, -0.05) is 11.6 Å². The van der Waals surface area contributed by atoms with Gasteiger partial charge in [-0.2, -0.15) is 0 Å². The van der Waals surface area contributed by atoms with Gasteiger partial charge in [-0.25, -0.2) is 0 Å². The molecule has 0 nitrogen and oxygen atoms in total. The number of allylic oxidation sites excluding steroid dienone is 2. The fourth-order valence-electron chi connectivity index (χ4n) is 0.118. The lowest BCUT2D eigenvalue weighted by atomic mass is 10.3. The summed E-state index contributed by atoms with van der Waals surface area (Å²) in [5, 5.41) is 0. The van der Waals surface area contributed by atoms with Crippen LogP contribution < -0.4 is 0 Å². The summed E-state index contributed by atoms with van der Waals surface area (Å²) in [5.74, 6) is 0. The van der Waals surface area contributed by atoms with Crippen molar-refractivity contribution in [3.8, 4) is 0 Å². The molecule has 0 aromatic rings. The summed E-state index contributed by atoms with van der Waals surface area (Å²) >= 11 is 0. The molecule has 1 atom stereocenters. The molecule has 0 heterocycles. The second kappa shape index (κ2) is 3.36. The van der Waals surface area contributed by atoms with E-state index in [2.05, 4.69) is 29.2 Å². The molecule has 0 aliphatic heterocycles. The van der Waals surface area contributed by atoms with Crippen molar-refractivity contribution in [3.63, 3.8) is 0 Å². The van der Waals surface area contributed by atoms with Gasteiger partial charge in [0.15, 0.2) is 0 Å². The lowest BCUT2D eigenvalue weighted by Crippen LogP contribution is -1.69.